The number of hydrogen-bond acceptors (Lipinski definition) is 2. The van der Waals surface area contributed by atoms with Gasteiger partial charge in [0.2, 0.25) is 0 Å². The van der Waals surface area contributed by atoms with Gasteiger partial charge < -0.3 is 0 Å². The lowest BCUT2D eigenvalue weighted by Gasteiger charge is -1.99. The Kier molecular flexibility index (Phi) is 2.49. The van der Waals surface area contributed by atoms with E-state index in [1.807, 2.05) is 6.07 Å². The fourth-order valence-electron chi connectivity index (χ4n) is 1.26. The third-order valence-corrected chi connectivity index (χ3v) is 3.42. The predicted octanol–water partition coefficient (Wildman–Crippen LogP) is 4.07. The maximum atomic E-state index is 13.2. The monoisotopic (exact) mass is 232 g/mol. The highest BCUT2D eigenvalue weighted by atomic mass is 35.5. The van der Waals surface area contributed by atoms with Gasteiger partial charge in [0.1, 0.15) is 5.82 Å². The van der Waals surface area contributed by atoms with Crippen molar-refractivity contribution in [3.05, 3.63) is 28.9 Å². The molecule has 0 saturated heterocycles. The normalized spacial score (nSPS) is 11.0. The second-order valence-corrected chi connectivity index (χ2v) is 4.36. The second kappa shape index (κ2) is 3.48. The smallest absolute Gasteiger partial charge is 0.141 e. The minimum Gasteiger partial charge on any atom is -0.205 e. The molecule has 4 heteroatoms. The van der Waals surface area contributed by atoms with Gasteiger partial charge in [-0.15, -0.1) is 35.6 Å². The first-order chi connectivity index (χ1) is 6.22. The Morgan fingerprint density at radius 2 is 2.23 bits per heavy atom. The Morgan fingerprint density at radius 3 is 2.92 bits per heavy atom. The topological polar surface area (TPSA) is 0 Å². The molecule has 0 spiro atoms. The van der Waals surface area contributed by atoms with E-state index in [0.29, 0.717) is 11.3 Å². The van der Waals surface area contributed by atoms with Gasteiger partial charge >= 0.3 is 0 Å². The van der Waals surface area contributed by atoms with E-state index in [0.717, 1.165) is 15.2 Å². The van der Waals surface area contributed by atoms with Crippen molar-refractivity contribution < 1.29 is 4.39 Å². The molecular formula is C9H6ClFS2. The van der Waals surface area contributed by atoms with Gasteiger partial charge in [0, 0.05) is 26.2 Å². The highest BCUT2D eigenvalue weighted by Crippen LogP contribution is 2.31. The van der Waals surface area contributed by atoms with E-state index in [4.69, 9.17) is 11.6 Å². The van der Waals surface area contributed by atoms with Gasteiger partial charge in [-0.2, -0.15) is 0 Å². The van der Waals surface area contributed by atoms with E-state index in [1.54, 1.807) is 6.07 Å². The van der Waals surface area contributed by atoms with Crippen LogP contribution >= 0.6 is 35.6 Å². The van der Waals surface area contributed by atoms with E-state index in [-0.39, 0.29) is 5.82 Å². The summed E-state index contributed by atoms with van der Waals surface area (Å²) < 4.78 is 14.1. The lowest BCUT2D eigenvalue weighted by molar-refractivity contribution is 0.644. The molecule has 13 heavy (non-hydrogen) atoms. The summed E-state index contributed by atoms with van der Waals surface area (Å²) in [5, 5.41) is 2.11. The highest BCUT2D eigenvalue weighted by Gasteiger charge is 2.08. The van der Waals surface area contributed by atoms with Crippen molar-refractivity contribution in [3.63, 3.8) is 0 Å². The average molecular weight is 233 g/mol. The summed E-state index contributed by atoms with van der Waals surface area (Å²) in [4.78, 5) is 0.750. The summed E-state index contributed by atoms with van der Waals surface area (Å²) in [6, 6.07) is 3.59. The van der Waals surface area contributed by atoms with Gasteiger partial charge in [-0.05, 0) is 17.7 Å². The number of fused-ring (bicyclic) bond motifs is 1. The van der Waals surface area contributed by atoms with Crippen LogP contribution in [-0.4, -0.2) is 0 Å². The third-order valence-electron chi connectivity index (χ3n) is 1.83. The quantitative estimate of drug-likeness (QED) is 0.556. The third kappa shape index (κ3) is 1.56. The molecule has 2 rings (SSSR count). The first-order valence-corrected chi connectivity index (χ1v) is 5.53. The zero-order chi connectivity index (χ0) is 9.42. The van der Waals surface area contributed by atoms with Crippen LogP contribution in [-0.2, 0) is 5.88 Å². The van der Waals surface area contributed by atoms with Crippen LogP contribution in [0.2, 0.25) is 0 Å². The molecule has 0 amide bonds. The molecule has 0 aliphatic heterocycles. The lowest BCUT2D eigenvalue weighted by Crippen LogP contribution is -1.79. The molecule has 1 aromatic heterocycles. The molecule has 2 aromatic rings. The standard InChI is InChI=1S/C9H6ClFS2/c10-3-5-1-6(12)2-7-8(11)4-13-9(5)7/h1-2,4,12H,3H2. The Balaban J connectivity index is 2.84. The first kappa shape index (κ1) is 9.31. The minimum absolute atomic E-state index is 0.192. The van der Waals surface area contributed by atoms with Crippen molar-refractivity contribution >= 4 is 45.7 Å². The average Bonchev–Trinajstić information content (AvgIpc) is 2.47. The van der Waals surface area contributed by atoms with Crippen LogP contribution in [0.1, 0.15) is 5.56 Å². The van der Waals surface area contributed by atoms with Gasteiger partial charge in [-0.25, -0.2) is 4.39 Å². The number of halogens is 2. The summed E-state index contributed by atoms with van der Waals surface area (Å²) in [5.41, 5.74) is 0.943. The molecule has 1 aromatic carbocycles. The van der Waals surface area contributed by atoms with Crippen molar-refractivity contribution in [1.82, 2.24) is 0 Å². The van der Waals surface area contributed by atoms with Crippen LogP contribution in [0.25, 0.3) is 10.1 Å². The van der Waals surface area contributed by atoms with Crippen LogP contribution < -0.4 is 0 Å². The summed E-state index contributed by atoms with van der Waals surface area (Å²) in [7, 11) is 0. The Bertz CT molecular complexity index is 450. The van der Waals surface area contributed by atoms with Crippen molar-refractivity contribution in [3.8, 4) is 0 Å². The van der Waals surface area contributed by atoms with Crippen LogP contribution in [0.3, 0.4) is 0 Å². The lowest BCUT2D eigenvalue weighted by atomic mass is 10.2. The first-order valence-electron chi connectivity index (χ1n) is 3.67. The second-order valence-electron chi connectivity index (χ2n) is 2.70. The van der Waals surface area contributed by atoms with Crippen molar-refractivity contribution in [2.75, 3.05) is 0 Å². The number of benzene rings is 1. The predicted molar refractivity (Wildman–Crippen MR) is 58.6 cm³/mol. The van der Waals surface area contributed by atoms with E-state index in [9.17, 15) is 4.39 Å². The molecule has 0 N–H and O–H groups in total. The molecular weight excluding hydrogens is 227 g/mol. The molecule has 1 heterocycles. The van der Waals surface area contributed by atoms with E-state index in [1.165, 1.54) is 16.7 Å². The Morgan fingerprint density at radius 1 is 1.46 bits per heavy atom. The van der Waals surface area contributed by atoms with E-state index < -0.39 is 0 Å². The fourth-order valence-corrected chi connectivity index (χ4v) is 2.75. The molecule has 0 fully saturated rings. The molecule has 0 saturated carbocycles. The molecule has 0 aliphatic carbocycles. The zero-order valence-corrected chi connectivity index (χ0v) is 9.02. The van der Waals surface area contributed by atoms with Crippen molar-refractivity contribution in [2.24, 2.45) is 0 Å². The minimum atomic E-state index is -0.192. The summed E-state index contributed by atoms with van der Waals surface area (Å²) >= 11 is 11.3. The SMILES string of the molecule is Fc1csc2c(CCl)cc(S)cc12. The molecule has 0 radical (unpaired) electrons. The van der Waals surface area contributed by atoms with E-state index in [2.05, 4.69) is 12.6 Å². The summed E-state index contributed by atoms with van der Waals surface area (Å²) in [6.07, 6.45) is 0. The van der Waals surface area contributed by atoms with Gasteiger partial charge in [0.05, 0.1) is 0 Å². The van der Waals surface area contributed by atoms with Crippen LogP contribution in [0.15, 0.2) is 22.4 Å². The zero-order valence-electron chi connectivity index (χ0n) is 6.55. The van der Waals surface area contributed by atoms with Gasteiger partial charge in [0.15, 0.2) is 0 Å². The molecule has 0 atom stereocenters. The summed E-state index contributed by atoms with van der Waals surface area (Å²) in [6.45, 7) is 0. The number of thiophene rings is 1. The highest BCUT2D eigenvalue weighted by molar-refractivity contribution is 7.80. The maximum Gasteiger partial charge on any atom is 0.141 e. The number of thiol groups is 1. The summed E-state index contributed by atoms with van der Waals surface area (Å²) in [5.74, 6) is 0.201. The van der Waals surface area contributed by atoms with Crippen LogP contribution in [0, 0.1) is 5.82 Å². The fraction of sp³-hybridized carbons (Fsp3) is 0.111. The van der Waals surface area contributed by atoms with Crippen LogP contribution in [0.4, 0.5) is 4.39 Å². The van der Waals surface area contributed by atoms with Crippen molar-refractivity contribution in [1.29, 1.82) is 0 Å². The van der Waals surface area contributed by atoms with Crippen LogP contribution in [0.5, 0.6) is 0 Å². The van der Waals surface area contributed by atoms with Gasteiger partial charge in [0.25, 0.3) is 0 Å². The van der Waals surface area contributed by atoms with Gasteiger partial charge in [-0.1, -0.05) is 0 Å². The molecule has 0 nitrogen and oxygen atoms in total. The molecule has 0 bridgehead atoms. The maximum absolute atomic E-state index is 13.2. The Hall–Kier alpha value is -0.250. The number of hydrogen-bond donors (Lipinski definition) is 1. The Labute approximate surface area is 89.7 Å². The number of rotatable bonds is 1. The molecule has 68 valence electrons. The molecule has 0 aliphatic rings. The molecule has 0 unspecified atom stereocenters. The number of alkyl halides is 1. The van der Waals surface area contributed by atoms with E-state index >= 15 is 0 Å². The van der Waals surface area contributed by atoms with Gasteiger partial charge in [-0.3, -0.25) is 0 Å². The largest absolute Gasteiger partial charge is 0.205 e. The van der Waals surface area contributed by atoms with Crippen molar-refractivity contribution in [2.45, 2.75) is 10.8 Å².